The van der Waals surface area contributed by atoms with E-state index in [1.165, 1.54) is 0 Å². The van der Waals surface area contributed by atoms with Gasteiger partial charge >= 0.3 is 0 Å². The molecule has 1 heterocycles. The Morgan fingerprint density at radius 3 is 3.00 bits per heavy atom. The van der Waals surface area contributed by atoms with Crippen LogP contribution in [0, 0.1) is 0 Å². The van der Waals surface area contributed by atoms with Crippen LogP contribution < -0.4 is 11.1 Å². The fourth-order valence-corrected chi connectivity index (χ4v) is 1.23. The molecule has 6 nitrogen and oxygen atoms in total. The van der Waals surface area contributed by atoms with E-state index in [-0.39, 0.29) is 0 Å². The molecule has 0 fully saturated rings. The van der Waals surface area contributed by atoms with Gasteiger partial charge in [0.2, 0.25) is 0 Å². The number of rotatable bonds is 8. The highest BCUT2D eigenvalue weighted by Crippen LogP contribution is 2.09. The molecule has 3 N–H and O–H groups in total. The minimum Gasteiger partial charge on any atom is -0.382 e. The lowest BCUT2D eigenvalue weighted by atomic mass is 10.2. The fraction of sp³-hybridized carbons (Fsp3) is 0.455. The number of aromatic nitrogens is 1. The van der Waals surface area contributed by atoms with Crippen LogP contribution in [0.3, 0.4) is 0 Å². The number of carbonyl (C=O) groups excluding carboxylic acids is 1. The highest BCUT2D eigenvalue weighted by Gasteiger charge is 2.07. The van der Waals surface area contributed by atoms with Gasteiger partial charge in [0.05, 0.1) is 25.4 Å². The lowest BCUT2D eigenvalue weighted by Crippen LogP contribution is -2.18. The van der Waals surface area contributed by atoms with Crippen LogP contribution in [0.25, 0.3) is 0 Å². The molecule has 0 bridgehead atoms. The van der Waals surface area contributed by atoms with Crippen LogP contribution in [0.2, 0.25) is 0 Å². The third kappa shape index (κ3) is 4.80. The van der Waals surface area contributed by atoms with Crippen molar-refractivity contribution in [3.05, 3.63) is 23.9 Å². The van der Waals surface area contributed by atoms with Gasteiger partial charge in [-0.1, -0.05) is 0 Å². The molecule has 94 valence electrons. The van der Waals surface area contributed by atoms with Crippen LogP contribution in [-0.2, 0) is 9.47 Å². The van der Waals surface area contributed by atoms with E-state index in [0.717, 1.165) is 0 Å². The number of anilines is 1. The van der Waals surface area contributed by atoms with Gasteiger partial charge in [-0.25, -0.2) is 4.98 Å². The second-order valence-electron chi connectivity index (χ2n) is 3.30. The Bertz CT molecular complexity index is 358. The van der Waals surface area contributed by atoms with Gasteiger partial charge in [0, 0.05) is 19.9 Å². The molecule has 1 rings (SSSR count). The second kappa shape index (κ2) is 7.59. The highest BCUT2D eigenvalue weighted by atomic mass is 16.5. The Kier molecular flexibility index (Phi) is 5.98. The normalized spacial score (nSPS) is 10.2. The number of nitrogens with two attached hydrogens (primary N) is 1. The van der Waals surface area contributed by atoms with Crippen molar-refractivity contribution in [1.29, 1.82) is 0 Å². The molecular formula is C11H17N3O3. The molecule has 0 spiro atoms. The topological polar surface area (TPSA) is 86.5 Å². The standard InChI is InChI=1S/C11H17N3O3/c1-16-7-8-17-6-5-14-11-9(10(12)15)3-2-4-13-11/h2-4H,5-8H2,1H3,(H2,12,15)(H,13,14). The van der Waals surface area contributed by atoms with Crippen LogP contribution >= 0.6 is 0 Å². The molecule has 0 aliphatic carbocycles. The van der Waals surface area contributed by atoms with E-state index in [9.17, 15) is 4.79 Å². The second-order valence-corrected chi connectivity index (χ2v) is 3.30. The summed E-state index contributed by atoms with van der Waals surface area (Å²) in [6.45, 7) is 2.18. The summed E-state index contributed by atoms with van der Waals surface area (Å²) in [6.07, 6.45) is 1.60. The first-order valence-corrected chi connectivity index (χ1v) is 5.31. The van der Waals surface area contributed by atoms with Crippen LogP contribution in [0.4, 0.5) is 5.82 Å². The Labute approximate surface area is 100 Å². The molecule has 1 aromatic rings. The smallest absolute Gasteiger partial charge is 0.252 e. The Morgan fingerprint density at radius 1 is 1.47 bits per heavy atom. The molecule has 0 unspecified atom stereocenters. The van der Waals surface area contributed by atoms with Gasteiger partial charge < -0.3 is 20.5 Å². The first kappa shape index (κ1) is 13.4. The number of carbonyl (C=O) groups is 1. The Morgan fingerprint density at radius 2 is 2.29 bits per heavy atom. The van der Waals surface area contributed by atoms with Crippen molar-refractivity contribution in [3.8, 4) is 0 Å². The maximum atomic E-state index is 11.1. The number of amides is 1. The molecule has 6 heteroatoms. The van der Waals surface area contributed by atoms with Gasteiger partial charge in [-0.15, -0.1) is 0 Å². The predicted molar refractivity (Wildman–Crippen MR) is 63.9 cm³/mol. The summed E-state index contributed by atoms with van der Waals surface area (Å²) in [6, 6.07) is 3.30. The molecule has 1 amide bonds. The monoisotopic (exact) mass is 239 g/mol. The first-order chi connectivity index (χ1) is 8.25. The summed E-state index contributed by atoms with van der Waals surface area (Å²) in [5.74, 6) is -0.0174. The largest absolute Gasteiger partial charge is 0.382 e. The van der Waals surface area contributed by atoms with Gasteiger partial charge in [-0.3, -0.25) is 4.79 Å². The number of nitrogens with zero attached hydrogens (tertiary/aromatic N) is 1. The van der Waals surface area contributed by atoms with Crippen LogP contribution in [-0.4, -0.2) is 44.4 Å². The molecule has 0 saturated heterocycles. The van der Waals surface area contributed by atoms with Crippen LogP contribution in [0.15, 0.2) is 18.3 Å². The fourth-order valence-electron chi connectivity index (χ4n) is 1.23. The summed E-state index contributed by atoms with van der Waals surface area (Å²) in [7, 11) is 1.62. The number of hydrogen-bond acceptors (Lipinski definition) is 5. The number of ether oxygens (including phenoxy) is 2. The zero-order valence-electron chi connectivity index (χ0n) is 9.81. The molecule has 0 atom stereocenters. The number of hydrogen-bond donors (Lipinski definition) is 2. The maximum Gasteiger partial charge on any atom is 0.252 e. The lowest BCUT2D eigenvalue weighted by molar-refractivity contribution is 0.0759. The van der Waals surface area contributed by atoms with Crippen molar-refractivity contribution in [2.75, 3.05) is 38.8 Å². The number of primary amides is 1. The van der Waals surface area contributed by atoms with E-state index in [4.69, 9.17) is 15.2 Å². The molecular weight excluding hydrogens is 222 g/mol. The van der Waals surface area contributed by atoms with Gasteiger partial charge in [0.1, 0.15) is 5.82 Å². The molecule has 0 aliphatic rings. The first-order valence-electron chi connectivity index (χ1n) is 5.31. The molecule has 0 aromatic carbocycles. The summed E-state index contributed by atoms with van der Waals surface area (Å²) in [5, 5.41) is 2.99. The predicted octanol–water partition coefficient (Wildman–Crippen LogP) is 0.255. The van der Waals surface area contributed by atoms with E-state index in [0.29, 0.717) is 37.7 Å². The van der Waals surface area contributed by atoms with Crippen molar-refractivity contribution in [3.63, 3.8) is 0 Å². The number of pyridine rings is 1. The highest BCUT2D eigenvalue weighted by molar-refractivity contribution is 5.97. The quantitative estimate of drug-likeness (QED) is 0.635. The zero-order valence-corrected chi connectivity index (χ0v) is 9.81. The SMILES string of the molecule is COCCOCCNc1ncccc1C(N)=O. The van der Waals surface area contributed by atoms with Gasteiger partial charge in [0.15, 0.2) is 0 Å². The lowest BCUT2D eigenvalue weighted by Gasteiger charge is -2.08. The Balaban J connectivity index is 2.34. The van der Waals surface area contributed by atoms with Crippen LogP contribution in [0.5, 0.6) is 0 Å². The molecule has 0 aliphatic heterocycles. The van der Waals surface area contributed by atoms with E-state index >= 15 is 0 Å². The average Bonchev–Trinajstić information content (AvgIpc) is 2.34. The average molecular weight is 239 g/mol. The minimum atomic E-state index is -0.499. The summed E-state index contributed by atoms with van der Waals surface area (Å²) in [5.41, 5.74) is 5.60. The van der Waals surface area contributed by atoms with E-state index in [2.05, 4.69) is 10.3 Å². The minimum absolute atomic E-state index is 0.379. The van der Waals surface area contributed by atoms with Crippen molar-refractivity contribution >= 4 is 11.7 Å². The number of nitrogens with one attached hydrogen (secondary N) is 1. The van der Waals surface area contributed by atoms with Gasteiger partial charge in [0.25, 0.3) is 5.91 Å². The summed E-state index contributed by atoms with van der Waals surface area (Å²) < 4.78 is 10.1. The van der Waals surface area contributed by atoms with Crippen molar-refractivity contribution in [2.45, 2.75) is 0 Å². The molecule has 0 saturated carbocycles. The summed E-state index contributed by atoms with van der Waals surface area (Å²) in [4.78, 5) is 15.1. The third-order valence-electron chi connectivity index (χ3n) is 2.04. The molecule has 0 radical (unpaired) electrons. The van der Waals surface area contributed by atoms with Crippen molar-refractivity contribution in [2.24, 2.45) is 5.73 Å². The summed E-state index contributed by atoms with van der Waals surface area (Å²) >= 11 is 0. The zero-order chi connectivity index (χ0) is 12.5. The molecule has 1 aromatic heterocycles. The van der Waals surface area contributed by atoms with Crippen LogP contribution in [0.1, 0.15) is 10.4 Å². The van der Waals surface area contributed by atoms with Crippen molar-refractivity contribution in [1.82, 2.24) is 4.98 Å². The Hall–Kier alpha value is -1.66. The maximum absolute atomic E-state index is 11.1. The third-order valence-corrected chi connectivity index (χ3v) is 2.04. The van der Waals surface area contributed by atoms with Gasteiger partial charge in [-0.05, 0) is 12.1 Å². The van der Waals surface area contributed by atoms with E-state index in [1.807, 2.05) is 0 Å². The number of methoxy groups -OCH3 is 1. The molecule has 17 heavy (non-hydrogen) atoms. The van der Waals surface area contributed by atoms with E-state index < -0.39 is 5.91 Å². The van der Waals surface area contributed by atoms with Gasteiger partial charge in [-0.2, -0.15) is 0 Å². The van der Waals surface area contributed by atoms with Crippen molar-refractivity contribution < 1.29 is 14.3 Å². The van der Waals surface area contributed by atoms with E-state index in [1.54, 1.807) is 25.4 Å².